The minimum atomic E-state index is 0.0506. The van der Waals surface area contributed by atoms with E-state index in [1.54, 1.807) is 0 Å². The number of piperazine rings is 1. The molecule has 1 aromatic heterocycles. The first-order valence-corrected chi connectivity index (χ1v) is 7.27. The summed E-state index contributed by atoms with van der Waals surface area (Å²) in [5.41, 5.74) is 6.50. The molecule has 0 amide bonds. The highest BCUT2D eigenvalue weighted by Crippen LogP contribution is 2.45. The maximum absolute atomic E-state index is 9.13. The van der Waals surface area contributed by atoms with Crippen LogP contribution in [0.5, 0.6) is 5.75 Å². The Kier molecular flexibility index (Phi) is 4.17. The first kappa shape index (κ1) is 14.0. The molecule has 0 saturated carbocycles. The van der Waals surface area contributed by atoms with Crippen LogP contribution in [0.2, 0.25) is 0 Å². The summed E-state index contributed by atoms with van der Waals surface area (Å²) in [7, 11) is 2.12. The Hall–Kier alpha value is -1.45. The van der Waals surface area contributed by atoms with Crippen LogP contribution in [0.1, 0.15) is 18.7 Å². The van der Waals surface area contributed by atoms with Crippen LogP contribution in [-0.2, 0) is 0 Å². The van der Waals surface area contributed by atoms with Crippen molar-refractivity contribution in [3.05, 3.63) is 4.88 Å². The van der Waals surface area contributed by atoms with Gasteiger partial charge in [-0.1, -0.05) is 0 Å². The van der Waals surface area contributed by atoms with Gasteiger partial charge in [-0.25, -0.2) is 0 Å². The van der Waals surface area contributed by atoms with E-state index in [9.17, 15) is 0 Å². The van der Waals surface area contributed by atoms with Crippen LogP contribution in [0.4, 0.5) is 10.7 Å². The third-order valence-corrected chi connectivity index (χ3v) is 4.28. The normalized spacial score (nSPS) is 16.7. The van der Waals surface area contributed by atoms with Crippen LogP contribution in [0, 0.1) is 11.3 Å². The van der Waals surface area contributed by atoms with E-state index >= 15 is 0 Å². The monoisotopic (exact) mass is 280 g/mol. The minimum Gasteiger partial charge on any atom is -0.486 e. The molecule has 0 bridgehead atoms. The molecule has 0 aromatic carbocycles. The average molecular weight is 280 g/mol. The van der Waals surface area contributed by atoms with E-state index in [0.29, 0.717) is 16.3 Å². The van der Waals surface area contributed by atoms with Crippen molar-refractivity contribution in [1.82, 2.24) is 4.90 Å². The summed E-state index contributed by atoms with van der Waals surface area (Å²) < 4.78 is 5.82. The van der Waals surface area contributed by atoms with Crippen LogP contribution < -0.4 is 15.4 Å². The highest BCUT2D eigenvalue weighted by atomic mass is 32.1. The SMILES string of the molecule is CC(C)Oc1c(N2CCN(C)CC2)sc(C#N)c1N. The molecule has 0 unspecified atom stereocenters. The van der Waals surface area contributed by atoms with Crippen molar-refractivity contribution in [2.24, 2.45) is 0 Å². The average Bonchev–Trinajstić information content (AvgIpc) is 2.67. The highest BCUT2D eigenvalue weighted by Gasteiger charge is 2.25. The number of hydrogen-bond acceptors (Lipinski definition) is 6. The van der Waals surface area contributed by atoms with Gasteiger partial charge in [-0.2, -0.15) is 5.26 Å². The number of nitrogens with two attached hydrogens (primary N) is 1. The molecule has 1 aliphatic heterocycles. The quantitative estimate of drug-likeness (QED) is 0.913. The number of nitrogens with zero attached hydrogens (tertiary/aromatic N) is 3. The van der Waals surface area contributed by atoms with Crippen LogP contribution in [0.25, 0.3) is 0 Å². The van der Waals surface area contributed by atoms with E-state index in [4.69, 9.17) is 15.7 Å². The van der Waals surface area contributed by atoms with Crippen LogP contribution in [0.3, 0.4) is 0 Å². The fraction of sp³-hybridized carbons (Fsp3) is 0.615. The Balaban J connectivity index is 2.30. The summed E-state index contributed by atoms with van der Waals surface area (Å²) in [5.74, 6) is 0.682. The van der Waals surface area contributed by atoms with Crippen LogP contribution >= 0.6 is 11.3 Å². The molecule has 0 spiro atoms. The molecule has 0 atom stereocenters. The summed E-state index contributed by atoms with van der Waals surface area (Å²) >= 11 is 1.43. The first-order valence-electron chi connectivity index (χ1n) is 6.45. The second kappa shape index (κ2) is 5.68. The Morgan fingerprint density at radius 2 is 1.95 bits per heavy atom. The zero-order valence-electron chi connectivity index (χ0n) is 11.6. The fourth-order valence-corrected chi connectivity index (χ4v) is 3.07. The zero-order chi connectivity index (χ0) is 14.0. The molecule has 1 aliphatic rings. The third-order valence-electron chi connectivity index (χ3n) is 3.13. The molecule has 104 valence electrons. The Morgan fingerprint density at radius 3 is 2.47 bits per heavy atom. The van der Waals surface area contributed by atoms with E-state index in [1.165, 1.54) is 11.3 Å². The summed E-state index contributed by atoms with van der Waals surface area (Å²) in [6.45, 7) is 7.85. The van der Waals surface area contributed by atoms with Crippen molar-refractivity contribution in [1.29, 1.82) is 5.26 Å². The molecule has 1 aromatic rings. The van der Waals surface area contributed by atoms with Gasteiger partial charge in [-0.3, -0.25) is 0 Å². The molecule has 6 heteroatoms. The van der Waals surface area contributed by atoms with E-state index in [2.05, 4.69) is 22.9 Å². The second-order valence-corrected chi connectivity index (χ2v) is 6.05. The van der Waals surface area contributed by atoms with Crippen molar-refractivity contribution in [2.45, 2.75) is 20.0 Å². The second-order valence-electron chi connectivity index (χ2n) is 5.05. The van der Waals surface area contributed by atoms with Crippen molar-refractivity contribution in [2.75, 3.05) is 43.9 Å². The lowest BCUT2D eigenvalue weighted by Crippen LogP contribution is -2.44. The lowest BCUT2D eigenvalue weighted by atomic mass is 10.3. The summed E-state index contributed by atoms with van der Waals surface area (Å²) in [6, 6.07) is 2.15. The van der Waals surface area contributed by atoms with Gasteiger partial charge in [0.15, 0.2) is 5.75 Å². The molecule has 19 heavy (non-hydrogen) atoms. The van der Waals surface area contributed by atoms with Gasteiger partial charge in [-0.05, 0) is 20.9 Å². The number of nitriles is 1. The number of anilines is 2. The molecule has 2 heterocycles. The van der Waals surface area contributed by atoms with Crippen LogP contribution in [-0.4, -0.2) is 44.2 Å². The Bertz CT molecular complexity index is 484. The zero-order valence-corrected chi connectivity index (χ0v) is 12.5. The number of hydrogen-bond donors (Lipinski definition) is 1. The summed E-state index contributed by atoms with van der Waals surface area (Å²) in [6.07, 6.45) is 0.0506. The Labute approximate surface area is 118 Å². The summed E-state index contributed by atoms with van der Waals surface area (Å²) in [5, 5.41) is 10.1. The van der Waals surface area contributed by atoms with Crippen molar-refractivity contribution in [3.63, 3.8) is 0 Å². The molecule has 2 N–H and O–H groups in total. The van der Waals surface area contributed by atoms with Gasteiger partial charge in [0, 0.05) is 26.2 Å². The summed E-state index contributed by atoms with van der Waals surface area (Å²) in [4.78, 5) is 5.10. The molecular formula is C13H20N4OS. The van der Waals surface area contributed by atoms with Crippen molar-refractivity contribution in [3.8, 4) is 11.8 Å². The molecule has 0 aliphatic carbocycles. The predicted octanol–water partition coefficient (Wildman–Crippen LogP) is 1.74. The van der Waals surface area contributed by atoms with E-state index in [-0.39, 0.29) is 6.10 Å². The smallest absolute Gasteiger partial charge is 0.178 e. The van der Waals surface area contributed by atoms with Gasteiger partial charge in [0.1, 0.15) is 21.6 Å². The van der Waals surface area contributed by atoms with Gasteiger partial charge in [0.05, 0.1) is 6.10 Å². The van der Waals surface area contributed by atoms with E-state index in [0.717, 1.165) is 31.2 Å². The number of thiophene rings is 1. The lowest BCUT2D eigenvalue weighted by molar-refractivity contribution is 0.244. The van der Waals surface area contributed by atoms with Crippen LogP contribution in [0.15, 0.2) is 0 Å². The molecule has 0 radical (unpaired) electrons. The van der Waals surface area contributed by atoms with E-state index < -0.39 is 0 Å². The number of nitrogen functional groups attached to an aromatic ring is 1. The molecular weight excluding hydrogens is 260 g/mol. The molecule has 1 fully saturated rings. The molecule has 1 saturated heterocycles. The third kappa shape index (κ3) is 2.94. The molecule has 2 rings (SSSR count). The fourth-order valence-electron chi connectivity index (χ4n) is 2.07. The number of likely N-dealkylation sites (N-methyl/N-ethyl adjacent to an activating group) is 1. The topological polar surface area (TPSA) is 65.5 Å². The van der Waals surface area contributed by atoms with E-state index in [1.807, 2.05) is 13.8 Å². The van der Waals surface area contributed by atoms with Crippen molar-refractivity contribution >= 4 is 22.0 Å². The van der Waals surface area contributed by atoms with Gasteiger partial charge in [0.2, 0.25) is 0 Å². The predicted molar refractivity (Wildman–Crippen MR) is 78.9 cm³/mol. The first-order chi connectivity index (χ1) is 9.02. The van der Waals surface area contributed by atoms with Gasteiger partial charge in [0.25, 0.3) is 0 Å². The van der Waals surface area contributed by atoms with Gasteiger partial charge >= 0.3 is 0 Å². The minimum absolute atomic E-state index is 0.0506. The standard InChI is InChI=1S/C13H20N4OS/c1-9(2)18-12-11(15)10(8-14)19-13(12)17-6-4-16(3)5-7-17/h9H,4-7,15H2,1-3H3. The van der Waals surface area contributed by atoms with Gasteiger partial charge in [-0.15, -0.1) is 11.3 Å². The highest BCUT2D eigenvalue weighted by molar-refractivity contribution is 7.17. The largest absolute Gasteiger partial charge is 0.486 e. The number of ether oxygens (including phenoxy) is 1. The lowest BCUT2D eigenvalue weighted by Gasteiger charge is -2.33. The maximum atomic E-state index is 9.13. The van der Waals surface area contributed by atoms with Crippen molar-refractivity contribution < 1.29 is 4.74 Å². The Morgan fingerprint density at radius 1 is 1.32 bits per heavy atom. The van der Waals surface area contributed by atoms with Gasteiger partial charge < -0.3 is 20.3 Å². The number of rotatable bonds is 3. The molecule has 5 nitrogen and oxygen atoms in total. The maximum Gasteiger partial charge on any atom is 0.178 e.